The summed E-state index contributed by atoms with van der Waals surface area (Å²) in [5.74, 6) is -0.0642. The quantitative estimate of drug-likeness (QED) is 0.0321. The van der Waals surface area contributed by atoms with Crippen molar-refractivity contribution in [2.75, 3.05) is 13.2 Å². The minimum absolute atomic E-state index is 0.00769. The van der Waals surface area contributed by atoms with Crippen molar-refractivity contribution in [2.45, 2.75) is 360 Å². The Morgan fingerprint density at radius 1 is 0.397 bits per heavy atom. The smallest absolute Gasteiger partial charge is 0.305 e. The maximum absolute atomic E-state index is 12.5. The number of ether oxygens (including phenoxy) is 1. The van der Waals surface area contributed by atoms with Crippen molar-refractivity contribution in [3.8, 4) is 0 Å². The molecular weight excluding hydrogens is 839 g/mol. The molecule has 0 aromatic carbocycles. The van der Waals surface area contributed by atoms with E-state index in [1.807, 2.05) is 6.08 Å². The molecule has 0 rings (SSSR count). The third-order valence-electron chi connectivity index (χ3n) is 14.6. The van der Waals surface area contributed by atoms with Crippen LogP contribution in [0, 0.1) is 0 Å². The molecule has 0 aromatic rings. The Bertz CT molecular complexity index is 1020. The van der Waals surface area contributed by atoms with E-state index in [-0.39, 0.29) is 18.5 Å². The lowest BCUT2D eigenvalue weighted by Crippen LogP contribution is -2.45. The molecule has 0 aromatic heterocycles. The molecule has 0 aliphatic rings. The fourth-order valence-corrected chi connectivity index (χ4v) is 9.81. The molecule has 0 saturated carbocycles. The summed E-state index contributed by atoms with van der Waals surface area (Å²) in [6, 6.07) is -0.632. The highest BCUT2D eigenvalue weighted by Gasteiger charge is 2.18. The van der Waals surface area contributed by atoms with E-state index in [2.05, 4.69) is 19.2 Å². The highest BCUT2D eigenvalue weighted by atomic mass is 16.5. The second kappa shape index (κ2) is 58.2. The summed E-state index contributed by atoms with van der Waals surface area (Å²) in [5, 5.41) is 23.1. The summed E-state index contributed by atoms with van der Waals surface area (Å²) in [6.07, 6.45) is 69.6. The van der Waals surface area contributed by atoms with Crippen LogP contribution in [0.3, 0.4) is 0 Å². The van der Waals surface area contributed by atoms with Crippen LogP contribution in [-0.4, -0.2) is 47.4 Å². The van der Waals surface area contributed by atoms with Crippen LogP contribution in [-0.2, 0) is 14.3 Å². The van der Waals surface area contributed by atoms with Gasteiger partial charge >= 0.3 is 5.97 Å². The van der Waals surface area contributed by atoms with E-state index in [4.69, 9.17) is 4.74 Å². The molecule has 404 valence electrons. The second-order valence-electron chi connectivity index (χ2n) is 21.4. The molecule has 2 atom stereocenters. The van der Waals surface area contributed by atoms with Gasteiger partial charge in [-0.3, -0.25) is 9.59 Å². The lowest BCUT2D eigenvalue weighted by atomic mass is 10.0. The zero-order valence-electron chi connectivity index (χ0n) is 46.1. The molecule has 2 unspecified atom stereocenters. The molecule has 0 spiro atoms. The van der Waals surface area contributed by atoms with Crippen molar-refractivity contribution in [2.24, 2.45) is 0 Å². The van der Waals surface area contributed by atoms with E-state index in [1.54, 1.807) is 6.08 Å². The first-order valence-corrected chi connectivity index (χ1v) is 31.0. The SMILES string of the molecule is CCCCCCCCCCCCCCCC/C=C/C(O)C(CO)NC(=O)CCCCCCCCCCCCCCCCCCOC(=O)CCCCCCCCCCCCCCCCCCCCC. The Morgan fingerprint density at radius 2 is 0.676 bits per heavy atom. The Hall–Kier alpha value is -1.40. The molecule has 0 aliphatic heterocycles. The number of aliphatic hydroxyl groups is 2. The van der Waals surface area contributed by atoms with Gasteiger partial charge in [0.1, 0.15) is 0 Å². The number of carbonyl (C=O) groups is 2. The van der Waals surface area contributed by atoms with Crippen LogP contribution in [0.5, 0.6) is 0 Å². The van der Waals surface area contributed by atoms with Crippen LogP contribution in [0.1, 0.15) is 348 Å². The second-order valence-corrected chi connectivity index (χ2v) is 21.4. The molecule has 68 heavy (non-hydrogen) atoms. The maximum atomic E-state index is 12.5. The van der Waals surface area contributed by atoms with Crippen LogP contribution in [0.4, 0.5) is 0 Å². The van der Waals surface area contributed by atoms with Gasteiger partial charge in [-0.2, -0.15) is 0 Å². The average molecular weight is 961 g/mol. The highest BCUT2D eigenvalue weighted by Crippen LogP contribution is 2.18. The number of allylic oxidation sites excluding steroid dienone is 1. The molecule has 3 N–H and O–H groups in total. The third kappa shape index (κ3) is 53.9. The van der Waals surface area contributed by atoms with Gasteiger partial charge in [0.2, 0.25) is 5.91 Å². The van der Waals surface area contributed by atoms with Gasteiger partial charge in [0, 0.05) is 12.8 Å². The standard InChI is InChI=1S/C62H121NO5/c1-3-5-7-9-11-13-15-17-19-21-22-23-28-32-36-40-44-48-52-56-62(67)68-57-53-49-45-41-37-33-29-25-24-27-31-35-39-43-47-51-55-61(66)63-59(58-64)60(65)54-50-46-42-38-34-30-26-20-18-16-14-12-10-8-6-4-2/h50,54,59-60,64-65H,3-49,51-53,55-58H2,1-2H3,(H,63,66)/b54-50+. The van der Waals surface area contributed by atoms with Crippen LogP contribution in [0.2, 0.25) is 0 Å². The minimum Gasteiger partial charge on any atom is -0.466 e. The summed E-state index contributed by atoms with van der Waals surface area (Å²) in [7, 11) is 0. The van der Waals surface area contributed by atoms with E-state index in [0.29, 0.717) is 19.4 Å². The largest absolute Gasteiger partial charge is 0.466 e. The Balaban J connectivity index is 3.41. The molecule has 0 fully saturated rings. The summed E-state index contributed by atoms with van der Waals surface area (Å²) in [4.78, 5) is 24.6. The van der Waals surface area contributed by atoms with Crippen LogP contribution < -0.4 is 5.32 Å². The molecule has 0 radical (unpaired) electrons. The molecule has 0 saturated heterocycles. The number of nitrogens with one attached hydrogen (secondary N) is 1. The first-order chi connectivity index (χ1) is 33.5. The Kier molecular flexibility index (Phi) is 57.0. The molecular formula is C62H121NO5. The van der Waals surface area contributed by atoms with Crippen LogP contribution in [0.25, 0.3) is 0 Å². The predicted molar refractivity (Wildman–Crippen MR) is 297 cm³/mol. The van der Waals surface area contributed by atoms with Crippen molar-refractivity contribution in [3.63, 3.8) is 0 Å². The molecule has 6 nitrogen and oxygen atoms in total. The van der Waals surface area contributed by atoms with Crippen molar-refractivity contribution in [1.82, 2.24) is 5.32 Å². The number of hydrogen-bond donors (Lipinski definition) is 3. The van der Waals surface area contributed by atoms with Crippen LogP contribution >= 0.6 is 0 Å². The predicted octanol–water partition coefficient (Wildman–Crippen LogP) is 19.2. The monoisotopic (exact) mass is 960 g/mol. The average Bonchev–Trinajstić information content (AvgIpc) is 3.34. The lowest BCUT2D eigenvalue weighted by molar-refractivity contribution is -0.143. The van der Waals surface area contributed by atoms with Crippen molar-refractivity contribution in [3.05, 3.63) is 12.2 Å². The van der Waals surface area contributed by atoms with Gasteiger partial charge in [0.15, 0.2) is 0 Å². The highest BCUT2D eigenvalue weighted by molar-refractivity contribution is 5.76. The van der Waals surface area contributed by atoms with Crippen molar-refractivity contribution < 1.29 is 24.5 Å². The summed E-state index contributed by atoms with van der Waals surface area (Å²) >= 11 is 0. The van der Waals surface area contributed by atoms with Crippen molar-refractivity contribution >= 4 is 11.9 Å². The number of unbranched alkanes of at least 4 members (excludes halogenated alkanes) is 47. The molecule has 0 aliphatic carbocycles. The molecule has 6 heteroatoms. The Morgan fingerprint density at radius 3 is 1.00 bits per heavy atom. The van der Waals surface area contributed by atoms with E-state index in [9.17, 15) is 19.8 Å². The third-order valence-corrected chi connectivity index (χ3v) is 14.6. The van der Waals surface area contributed by atoms with E-state index < -0.39 is 12.1 Å². The van der Waals surface area contributed by atoms with Crippen LogP contribution in [0.15, 0.2) is 12.2 Å². The number of carbonyl (C=O) groups excluding carboxylic acids is 2. The van der Waals surface area contributed by atoms with Gasteiger partial charge in [-0.15, -0.1) is 0 Å². The minimum atomic E-state index is -0.848. The molecule has 1 amide bonds. The molecule has 0 bridgehead atoms. The zero-order chi connectivity index (χ0) is 49.3. The van der Waals surface area contributed by atoms with Gasteiger partial charge in [-0.25, -0.2) is 0 Å². The first kappa shape index (κ1) is 66.6. The summed E-state index contributed by atoms with van der Waals surface area (Å²) in [5.41, 5.74) is 0. The topological polar surface area (TPSA) is 95.9 Å². The first-order valence-electron chi connectivity index (χ1n) is 31.0. The van der Waals surface area contributed by atoms with E-state index in [0.717, 1.165) is 38.5 Å². The number of hydrogen-bond acceptors (Lipinski definition) is 5. The van der Waals surface area contributed by atoms with Gasteiger partial charge < -0.3 is 20.3 Å². The molecule has 0 heterocycles. The van der Waals surface area contributed by atoms with Gasteiger partial charge in [0.05, 0.1) is 25.4 Å². The number of aliphatic hydroxyl groups excluding tert-OH is 2. The van der Waals surface area contributed by atoms with Gasteiger partial charge in [-0.05, 0) is 32.1 Å². The van der Waals surface area contributed by atoms with E-state index >= 15 is 0 Å². The fourth-order valence-electron chi connectivity index (χ4n) is 9.81. The lowest BCUT2D eigenvalue weighted by Gasteiger charge is -2.20. The summed E-state index contributed by atoms with van der Waals surface area (Å²) < 4.78 is 5.50. The number of amides is 1. The summed E-state index contributed by atoms with van der Waals surface area (Å²) in [6.45, 7) is 4.92. The van der Waals surface area contributed by atoms with E-state index in [1.165, 1.54) is 283 Å². The normalized spacial score (nSPS) is 12.6. The number of esters is 1. The zero-order valence-corrected chi connectivity index (χ0v) is 46.1. The van der Waals surface area contributed by atoms with Gasteiger partial charge in [0.25, 0.3) is 0 Å². The van der Waals surface area contributed by atoms with Crippen molar-refractivity contribution in [1.29, 1.82) is 0 Å². The maximum Gasteiger partial charge on any atom is 0.305 e. The van der Waals surface area contributed by atoms with Gasteiger partial charge in [-0.1, -0.05) is 315 Å². The fraction of sp³-hybridized carbons (Fsp3) is 0.935. The Labute approximate surface area is 425 Å². The number of rotatable bonds is 58.